The van der Waals surface area contributed by atoms with E-state index in [0.29, 0.717) is 11.6 Å². The number of ketones is 1. The molecule has 1 fully saturated rings. The summed E-state index contributed by atoms with van der Waals surface area (Å²) in [6.45, 7) is 7.07. The molecule has 0 radical (unpaired) electrons. The second-order valence-corrected chi connectivity index (χ2v) is 9.55. The first kappa shape index (κ1) is 23.1. The summed E-state index contributed by atoms with van der Waals surface area (Å²) in [6, 6.07) is 5.15. The summed E-state index contributed by atoms with van der Waals surface area (Å²) in [6.07, 6.45) is 2.15. The molecular weight excluding hydrogens is 423 g/mol. The first-order valence-electron chi connectivity index (χ1n) is 10.3. The van der Waals surface area contributed by atoms with Gasteiger partial charge in [-0.25, -0.2) is 17.6 Å². The highest BCUT2D eigenvalue weighted by Gasteiger charge is 2.29. The number of carbonyl (C=O) groups excluding carboxylic acids is 2. The van der Waals surface area contributed by atoms with Gasteiger partial charge in [0.2, 0.25) is 15.8 Å². The van der Waals surface area contributed by atoms with Crippen LogP contribution in [0.15, 0.2) is 29.2 Å². The number of hydrogen-bond acceptors (Lipinski definition) is 5. The molecule has 1 aromatic carbocycles. The van der Waals surface area contributed by atoms with Crippen LogP contribution in [0.2, 0.25) is 0 Å². The molecule has 0 aliphatic heterocycles. The SMILES string of the molecule is CCN(CC)S(=O)(=O)c1ccc(F)c(C(=O)OCC(=O)c2cc(C)n(C3CC3)c2C)c1. The van der Waals surface area contributed by atoms with Crippen molar-refractivity contribution in [3.8, 4) is 0 Å². The lowest BCUT2D eigenvalue weighted by molar-refractivity contribution is 0.0469. The number of halogens is 1. The predicted octanol–water partition coefficient (Wildman–Crippen LogP) is 3.65. The van der Waals surface area contributed by atoms with Crippen LogP contribution in [0.3, 0.4) is 0 Å². The summed E-state index contributed by atoms with van der Waals surface area (Å²) in [4.78, 5) is 24.8. The Balaban J connectivity index is 1.77. The third-order valence-electron chi connectivity index (χ3n) is 5.53. The zero-order chi connectivity index (χ0) is 22.9. The van der Waals surface area contributed by atoms with Gasteiger partial charge in [-0.3, -0.25) is 4.79 Å². The molecule has 9 heteroatoms. The lowest BCUT2D eigenvalue weighted by Gasteiger charge is -2.18. The number of rotatable bonds is 9. The van der Waals surface area contributed by atoms with Crippen LogP contribution in [0, 0.1) is 19.7 Å². The van der Waals surface area contributed by atoms with Gasteiger partial charge in [-0.15, -0.1) is 0 Å². The van der Waals surface area contributed by atoms with Crippen LogP contribution >= 0.6 is 0 Å². The molecule has 3 rings (SSSR count). The van der Waals surface area contributed by atoms with Crippen LogP contribution in [0.1, 0.15) is 64.8 Å². The highest BCUT2D eigenvalue weighted by molar-refractivity contribution is 7.89. The van der Waals surface area contributed by atoms with E-state index in [1.54, 1.807) is 19.9 Å². The molecule has 0 saturated heterocycles. The maximum absolute atomic E-state index is 14.2. The highest BCUT2D eigenvalue weighted by atomic mass is 32.2. The molecule has 1 aliphatic rings. The lowest BCUT2D eigenvalue weighted by Crippen LogP contribution is -2.30. The summed E-state index contributed by atoms with van der Waals surface area (Å²) in [7, 11) is -3.87. The number of sulfonamides is 1. The zero-order valence-corrected chi connectivity index (χ0v) is 19.0. The van der Waals surface area contributed by atoms with Crippen molar-refractivity contribution >= 4 is 21.8 Å². The second-order valence-electron chi connectivity index (χ2n) is 7.62. The molecule has 1 saturated carbocycles. The molecule has 0 unspecified atom stereocenters. The summed E-state index contributed by atoms with van der Waals surface area (Å²) in [5.74, 6) is -2.39. The Morgan fingerprint density at radius 1 is 1.13 bits per heavy atom. The van der Waals surface area contributed by atoms with E-state index >= 15 is 0 Å². The van der Waals surface area contributed by atoms with Crippen molar-refractivity contribution in [3.63, 3.8) is 0 Å². The van der Waals surface area contributed by atoms with Crippen LogP contribution in [0.25, 0.3) is 0 Å². The van der Waals surface area contributed by atoms with Gasteiger partial charge in [0.05, 0.1) is 10.5 Å². The number of ether oxygens (including phenoxy) is 1. The van der Waals surface area contributed by atoms with E-state index in [1.165, 1.54) is 4.31 Å². The minimum absolute atomic E-state index is 0.205. The van der Waals surface area contributed by atoms with E-state index in [9.17, 15) is 22.4 Å². The number of esters is 1. The number of nitrogens with zero attached hydrogens (tertiary/aromatic N) is 2. The largest absolute Gasteiger partial charge is 0.454 e. The molecule has 31 heavy (non-hydrogen) atoms. The van der Waals surface area contributed by atoms with E-state index < -0.39 is 34.0 Å². The Kier molecular flexibility index (Phi) is 6.66. The quantitative estimate of drug-likeness (QED) is 0.430. The number of carbonyl (C=O) groups is 2. The van der Waals surface area contributed by atoms with Gasteiger partial charge in [-0.1, -0.05) is 13.8 Å². The third-order valence-corrected chi connectivity index (χ3v) is 7.58. The Labute approximate surface area is 181 Å². The van der Waals surface area contributed by atoms with Gasteiger partial charge in [-0.05, 0) is 51.0 Å². The van der Waals surface area contributed by atoms with Crippen LogP contribution < -0.4 is 0 Å². The van der Waals surface area contributed by atoms with Crippen molar-refractivity contribution in [1.29, 1.82) is 0 Å². The second kappa shape index (κ2) is 8.92. The number of Topliss-reactive ketones (excluding diaryl/α,β-unsaturated/α-hetero) is 1. The molecule has 1 aromatic heterocycles. The van der Waals surface area contributed by atoms with Crippen molar-refractivity contribution in [3.05, 3.63) is 52.6 Å². The lowest BCUT2D eigenvalue weighted by atomic mass is 10.1. The normalized spacial score (nSPS) is 14.1. The molecule has 0 N–H and O–H groups in total. The molecule has 168 valence electrons. The smallest absolute Gasteiger partial charge is 0.341 e. The molecule has 1 heterocycles. The van der Waals surface area contributed by atoms with E-state index in [4.69, 9.17) is 4.74 Å². The van der Waals surface area contributed by atoms with Crippen molar-refractivity contribution in [2.75, 3.05) is 19.7 Å². The molecule has 1 aliphatic carbocycles. The van der Waals surface area contributed by atoms with Crippen molar-refractivity contribution in [1.82, 2.24) is 8.87 Å². The highest BCUT2D eigenvalue weighted by Crippen LogP contribution is 2.38. The summed E-state index contributed by atoms with van der Waals surface area (Å²) >= 11 is 0. The van der Waals surface area contributed by atoms with Gasteiger partial charge in [0.1, 0.15) is 5.82 Å². The monoisotopic (exact) mass is 450 g/mol. The molecule has 2 aromatic rings. The Hall–Kier alpha value is -2.52. The van der Waals surface area contributed by atoms with Crippen LogP contribution in [-0.2, 0) is 14.8 Å². The van der Waals surface area contributed by atoms with Crippen molar-refractivity contribution < 1.29 is 27.1 Å². The zero-order valence-electron chi connectivity index (χ0n) is 18.1. The van der Waals surface area contributed by atoms with E-state index in [1.807, 2.05) is 13.8 Å². The average Bonchev–Trinajstić information content (AvgIpc) is 3.51. The predicted molar refractivity (Wildman–Crippen MR) is 113 cm³/mol. The maximum atomic E-state index is 14.2. The third kappa shape index (κ3) is 4.57. The molecule has 0 spiro atoms. The van der Waals surface area contributed by atoms with Gasteiger partial charge >= 0.3 is 5.97 Å². The Bertz CT molecular complexity index is 1120. The standard InChI is InChI=1S/C22H27FN2O5S/c1-5-24(6-2)31(28,29)17-9-10-20(23)19(12-17)22(27)30-13-21(26)18-11-14(3)25(15(18)4)16-7-8-16/h9-12,16H,5-8,13H2,1-4H3. The van der Waals surface area contributed by atoms with E-state index in [2.05, 4.69) is 4.57 Å². The minimum atomic E-state index is -3.87. The molecule has 0 bridgehead atoms. The van der Waals surface area contributed by atoms with Gasteiger partial charge in [-0.2, -0.15) is 4.31 Å². The number of benzene rings is 1. The fourth-order valence-corrected chi connectivity index (χ4v) is 5.26. The Morgan fingerprint density at radius 2 is 1.77 bits per heavy atom. The minimum Gasteiger partial charge on any atom is -0.454 e. The summed E-state index contributed by atoms with van der Waals surface area (Å²) < 4.78 is 47.9. The van der Waals surface area contributed by atoms with E-state index in [-0.39, 0.29) is 23.8 Å². The summed E-state index contributed by atoms with van der Waals surface area (Å²) in [5, 5.41) is 0. The number of aryl methyl sites for hydroxylation is 1. The van der Waals surface area contributed by atoms with Gasteiger partial charge in [0.25, 0.3) is 0 Å². The fourth-order valence-electron chi connectivity index (χ4n) is 3.77. The average molecular weight is 451 g/mol. The number of hydrogen-bond donors (Lipinski definition) is 0. The maximum Gasteiger partial charge on any atom is 0.341 e. The van der Waals surface area contributed by atoms with Crippen LogP contribution in [0.4, 0.5) is 4.39 Å². The first-order valence-corrected chi connectivity index (χ1v) is 11.7. The van der Waals surface area contributed by atoms with E-state index in [0.717, 1.165) is 42.4 Å². The van der Waals surface area contributed by atoms with Crippen LogP contribution in [-0.4, -0.2) is 48.7 Å². The Morgan fingerprint density at radius 3 is 2.35 bits per heavy atom. The fraction of sp³-hybridized carbons (Fsp3) is 0.455. The molecule has 0 amide bonds. The molecule has 0 atom stereocenters. The van der Waals surface area contributed by atoms with Crippen molar-refractivity contribution in [2.45, 2.75) is 51.5 Å². The first-order chi connectivity index (χ1) is 14.6. The number of aromatic nitrogens is 1. The van der Waals surface area contributed by atoms with Gasteiger partial charge in [0.15, 0.2) is 6.61 Å². The topological polar surface area (TPSA) is 85.7 Å². The summed E-state index contributed by atoms with van der Waals surface area (Å²) in [5.41, 5.74) is 1.73. The molecular formula is C22H27FN2O5S. The molecule has 7 nitrogen and oxygen atoms in total. The van der Waals surface area contributed by atoms with Gasteiger partial charge in [0, 0.05) is 36.1 Å². The van der Waals surface area contributed by atoms with Crippen molar-refractivity contribution in [2.24, 2.45) is 0 Å². The van der Waals surface area contributed by atoms with Gasteiger partial charge < -0.3 is 9.30 Å². The van der Waals surface area contributed by atoms with Crippen LogP contribution in [0.5, 0.6) is 0 Å².